The van der Waals surface area contributed by atoms with Crippen LogP contribution >= 0.6 is 23.2 Å². The van der Waals surface area contributed by atoms with Crippen molar-refractivity contribution < 1.29 is 22.7 Å². The van der Waals surface area contributed by atoms with Crippen molar-refractivity contribution in [2.24, 2.45) is 0 Å². The normalized spacial score (nSPS) is 14.3. The third-order valence-electron chi connectivity index (χ3n) is 7.34. The lowest BCUT2D eigenvalue weighted by Gasteiger charge is -2.34. The number of sulfonamides is 1. The number of methoxy groups -OCH3 is 1. The minimum absolute atomic E-state index is 0.0391. The standard InChI is InChI=1S/C31H35Cl2N3O5S/c1-41-29-17-16-26(19-27(29)33)36(42(2,39)40)21-30(37)35(20-23-12-14-24(32)15-13-23)28(18-22-8-4-3-5-9-22)31(38)34-25-10-6-7-11-25/h3-5,8-9,12-17,19,25,28H,6-7,10-11,18,20-21H2,1-2H3,(H,34,38). The number of hydrogen-bond acceptors (Lipinski definition) is 5. The first-order chi connectivity index (χ1) is 20.0. The number of nitrogens with zero attached hydrogens (tertiary/aromatic N) is 2. The largest absolute Gasteiger partial charge is 0.495 e. The molecule has 3 aromatic carbocycles. The van der Waals surface area contributed by atoms with Crippen LogP contribution in [-0.2, 0) is 32.6 Å². The Hall–Kier alpha value is -3.27. The molecular weight excluding hydrogens is 597 g/mol. The van der Waals surface area contributed by atoms with E-state index in [9.17, 15) is 18.0 Å². The molecule has 0 aliphatic heterocycles. The van der Waals surface area contributed by atoms with Crippen molar-refractivity contribution >= 4 is 50.7 Å². The third-order valence-corrected chi connectivity index (χ3v) is 9.03. The smallest absolute Gasteiger partial charge is 0.244 e. The average molecular weight is 633 g/mol. The Morgan fingerprint density at radius 3 is 2.24 bits per heavy atom. The van der Waals surface area contributed by atoms with Crippen LogP contribution in [-0.4, -0.2) is 57.1 Å². The lowest BCUT2D eigenvalue weighted by atomic mass is 10.0. The van der Waals surface area contributed by atoms with E-state index >= 15 is 0 Å². The second-order valence-electron chi connectivity index (χ2n) is 10.4. The van der Waals surface area contributed by atoms with Gasteiger partial charge in [-0.25, -0.2) is 8.42 Å². The Morgan fingerprint density at radius 1 is 0.976 bits per heavy atom. The van der Waals surface area contributed by atoms with Crippen LogP contribution < -0.4 is 14.4 Å². The molecule has 224 valence electrons. The highest BCUT2D eigenvalue weighted by atomic mass is 35.5. The molecule has 1 fully saturated rings. The van der Waals surface area contributed by atoms with Crippen molar-refractivity contribution in [2.75, 3.05) is 24.2 Å². The maximum Gasteiger partial charge on any atom is 0.244 e. The number of hydrogen-bond donors (Lipinski definition) is 1. The molecule has 0 aromatic heterocycles. The number of ether oxygens (including phenoxy) is 1. The topological polar surface area (TPSA) is 96.0 Å². The Balaban J connectivity index is 1.72. The zero-order chi connectivity index (χ0) is 30.3. The van der Waals surface area contributed by atoms with Crippen LogP contribution in [0.25, 0.3) is 0 Å². The molecule has 0 spiro atoms. The molecule has 2 amide bonds. The Labute approximate surface area is 257 Å². The van der Waals surface area contributed by atoms with Crippen molar-refractivity contribution in [3.05, 3.63) is 94.0 Å². The fourth-order valence-corrected chi connectivity index (χ4v) is 6.35. The van der Waals surface area contributed by atoms with Crippen LogP contribution in [0.1, 0.15) is 36.8 Å². The number of halogens is 2. The van der Waals surface area contributed by atoms with E-state index in [0.29, 0.717) is 10.8 Å². The van der Waals surface area contributed by atoms with E-state index in [1.165, 1.54) is 24.1 Å². The van der Waals surface area contributed by atoms with Gasteiger partial charge in [-0.2, -0.15) is 0 Å². The summed E-state index contributed by atoms with van der Waals surface area (Å²) in [6, 6.07) is 20.1. The van der Waals surface area contributed by atoms with Gasteiger partial charge in [-0.05, 0) is 54.3 Å². The van der Waals surface area contributed by atoms with E-state index in [4.69, 9.17) is 27.9 Å². The maximum atomic E-state index is 14.2. The number of carbonyl (C=O) groups is 2. The number of anilines is 1. The zero-order valence-electron chi connectivity index (χ0n) is 23.6. The molecule has 8 nitrogen and oxygen atoms in total. The van der Waals surface area contributed by atoms with Crippen LogP contribution in [0.3, 0.4) is 0 Å². The van der Waals surface area contributed by atoms with E-state index in [1.54, 1.807) is 30.3 Å². The third kappa shape index (κ3) is 8.40. The van der Waals surface area contributed by atoms with Gasteiger partial charge in [0, 0.05) is 24.0 Å². The first-order valence-electron chi connectivity index (χ1n) is 13.7. The van der Waals surface area contributed by atoms with Gasteiger partial charge >= 0.3 is 0 Å². The van der Waals surface area contributed by atoms with E-state index < -0.39 is 28.5 Å². The number of carbonyl (C=O) groups excluding carboxylic acids is 2. The molecule has 1 N–H and O–H groups in total. The summed E-state index contributed by atoms with van der Waals surface area (Å²) in [7, 11) is -2.46. The SMILES string of the molecule is COc1ccc(N(CC(=O)N(Cc2ccc(Cl)cc2)C(Cc2ccccc2)C(=O)NC2CCCC2)S(C)(=O)=O)cc1Cl. The van der Waals surface area contributed by atoms with E-state index in [2.05, 4.69) is 5.32 Å². The highest BCUT2D eigenvalue weighted by molar-refractivity contribution is 7.92. The summed E-state index contributed by atoms with van der Waals surface area (Å²) in [4.78, 5) is 29.5. The maximum absolute atomic E-state index is 14.2. The molecule has 0 bridgehead atoms. The van der Waals surface area contributed by atoms with Crippen molar-refractivity contribution in [3.63, 3.8) is 0 Å². The number of amides is 2. The van der Waals surface area contributed by atoms with Crippen LogP contribution in [0, 0.1) is 0 Å². The number of nitrogens with one attached hydrogen (secondary N) is 1. The summed E-state index contributed by atoms with van der Waals surface area (Å²) < 4.78 is 32.1. The number of benzene rings is 3. The summed E-state index contributed by atoms with van der Waals surface area (Å²) in [5.74, 6) is -0.438. The quantitative estimate of drug-likeness (QED) is 0.286. The van der Waals surface area contributed by atoms with Crippen LogP contribution in [0.15, 0.2) is 72.8 Å². The van der Waals surface area contributed by atoms with Crippen LogP contribution in [0.5, 0.6) is 5.75 Å². The van der Waals surface area contributed by atoms with Gasteiger partial charge in [-0.1, -0.05) is 78.5 Å². The van der Waals surface area contributed by atoms with E-state index in [-0.39, 0.29) is 35.6 Å². The fourth-order valence-electron chi connectivity index (χ4n) is 5.13. The predicted octanol–water partition coefficient (Wildman–Crippen LogP) is 5.47. The molecule has 1 atom stereocenters. The van der Waals surface area contributed by atoms with Crippen molar-refractivity contribution in [1.82, 2.24) is 10.2 Å². The molecule has 11 heteroatoms. The van der Waals surface area contributed by atoms with Crippen molar-refractivity contribution in [3.8, 4) is 5.75 Å². The molecule has 1 aliphatic carbocycles. The summed E-state index contributed by atoms with van der Waals surface area (Å²) in [6.07, 6.45) is 5.12. The first kappa shape index (κ1) is 31.7. The highest BCUT2D eigenvalue weighted by Gasteiger charge is 2.34. The zero-order valence-corrected chi connectivity index (χ0v) is 26.0. The molecule has 1 unspecified atom stereocenters. The summed E-state index contributed by atoms with van der Waals surface area (Å²) in [5.41, 5.74) is 1.83. The highest BCUT2D eigenvalue weighted by Crippen LogP contribution is 2.30. The molecule has 3 aromatic rings. The van der Waals surface area contributed by atoms with Gasteiger partial charge in [0.15, 0.2) is 0 Å². The average Bonchev–Trinajstić information content (AvgIpc) is 3.47. The Morgan fingerprint density at radius 2 is 1.64 bits per heavy atom. The molecule has 0 heterocycles. The predicted molar refractivity (Wildman–Crippen MR) is 167 cm³/mol. The van der Waals surface area contributed by atoms with Crippen LogP contribution in [0.2, 0.25) is 10.0 Å². The molecule has 0 saturated heterocycles. The van der Waals surface area contributed by atoms with Gasteiger partial charge in [0.05, 0.1) is 24.1 Å². The van der Waals surface area contributed by atoms with Gasteiger partial charge in [0.1, 0.15) is 18.3 Å². The molecular formula is C31H35Cl2N3O5S. The molecule has 0 radical (unpaired) electrons. The molecule has 42 heavy (non-hydrogen) atoms. The van der Waals surface area contributed by atoms with Gasteiger partial charge in [-0.15, -0.1) is 0 Å². The summed E-state index contributed by atoms with van der Waals surface area (Å²) >= 11 is 12.4. The minimum atomic E-state index is -3.92. The first-order valence-corrected chi connectivity index (χ1v) is 16.3. The molecule has 1 saturated carbocycles. The van der Waals surface area contributed by atoms with E-state index in [0.717, 1.165) is 47.4 Å². The van der Waals surface area contributed by atoms with Gasteiger partial charge in [-0.3, -0.25) is 13.9 Å². The Bertz CT molecular complexity index is 1480. The van der Waals surface area contributed by atoms with Gasteiger partial charge in [0.25, 0.3) is 0 Å². The summed E-state index contributed by atoms with van der Waals surface area (Å²) in [5, 5.41) is 3.89. The summed E-state index contributed by atoms with van der Waals surface area (Å²) in [6.45, 7) is -0.455. The van der Waals surface area contributed by atoms with Gasteiger partial charge < -0.3 is 15.0 Å². The Kier molecular flexibility index (Phi) is 10.8. The van der Waals surface area contributed by atoms with Crippen LogP contribution in [0.4, 0.5) is 5.69 Å². The lowest BCUT2D eigenvalue weighted by molar-refractivity contribution is -0.140. The van der Waals surface area contributed by atoms with Crippen molar-refractivity contribution in [2.45, 2.75) is 50.7 Å². The second kappa shape index (κ2) is 14.3. The van der Waals surface area contributed by atoms with Crippen molar-refractivity contribution in [1.29, 1.82) is 0 Å². The molecule has 1 aliphatic rings. The molecule has 4 rings (SSSR count). The minimum Gasteiger partial charge on any atom is -0.495 e. The number of rotatable bonds is 12. The fraction of sp³-hybridized carbons (Fsp3) is 0.355. The van der Waals surface area contributed by atoms with E-state index in [1.807, 2.05) is 30.3 Å². The monoisotopic (exact) mass is 631 g/mol. The lowest BCUT2D eigenvalue weighted by Crippen LogP contribution is -2.54. The van der Waals surface area contributed by atoms with Gasteiger partial charge in [0.2, 0.25) is 21.8 Å². The second-order valence-corrected chi connectivity index (χ2v) is 13.2.